The fraction of sp³-hybridized carbons (Fsp3) is 0. The molecule has 0 atom stereocenters. The summed E-state index contributed by atoms with van der Waals surface area (Å²) in [5, 5.41) is 7.62. The largest absolute Gasteiger partial charge is 0.309 e. The number of fused-ring (bicyclic) bond motifs is 7. The lowest BCUT2D eigenvalue weighted by atomic mass is 10.00. The van der Waals surface area contributed by atoms with Gasteiger partial charge in [0.2, 0.25) is 0 Å². The minimum absolute atomic E-state index is 0.714. The molecule has 0 saturated carbocycles. The molecule has 3 heteroatoms. The summed E-state index contributed by atoms with van der Waals surface area (Å²) in [6.45, 7) is 0. The van der Waals surface area contributed by atoms with Gasteiger partial charge in [-0.05, 0) is 69.1 Å². The van der Waals surface area contributed by atoms with E-state index in [2.05, 4.69) is 168 Å². The average molecular weight is 650 g/mol. The standard InChI is InChI=1S/C48H31N3/c1-3-15-34(16-4-1)42-31-43(50-48(49-42)35-17-5-2-6-18-35)38-21-11-19-36(29-38)37-20-12-22-39(30-37)51-44-27-25-32-13-7-9-23-40(32)46(44)47-41-24-10-8-14-33(41)26-28-45(47)51/h1-31H. The molecule has 10 aromatic rings. The van der Waals surface area contributed by atoms with Gasteiger partial charge in [0.05, 0.1) is 22.4 Å². The second kappa shape index (κ2) is 11.9. The fourth-order valence-corrected chi connectivity index (χ4v) is 7.58. The summed E-state index contributed by atoms with van der Waals surface area (Å²) in [5.74, 6) is 0.714. The van der Waals surface area contributed by atoms with Crippen molar-refractivity contribution in [2.75, 3.05) is 0 Å². The van der Waals surface area contributed by atoms with Gasteiger partial charge in [-0.3, -0.25) is 0 Å². The van der Waals surface area contributed by atoms with Crippen LogP contribution in [0.4, 0.5) is 0 Å². The molecule has 0 fully saturated rings. The monoisotopic (exact) mass is 649 g/mol. The molecule has 8 aromatic carbocycles. The predicted molar refractivity (Wildman–Crippen MR) is 213 cm³/mol. The molecule has 10 rings (SSSR count). The molecule has 0 N–H and O–H groups in total. The Morgan fingerprint density at radius 2 is 0.824 bits per heavy atom. The zero-order chi connectivity index (χ0) is 33.7. The minimum atomic E-state index is 0.714. The Balaban J connectivity index is 1.14. The van der Waals surface area contributed by atoms with Crippen molar-refractivity contribution in [3.05, 3.63) is 188 Å². The van der Waals surface area contributed by atoms with Gasteiger partial charge in [0, 0.05) is 33.2 Å². The quantitative estimate of drug-likeness (QED) is 0.186. The molecule has 0 amide bonds. The Kier molecular flexibility index (Phi) is 6.81. The number of rotatable bonds is 5. The highest BCUT2D eigenvalue weighted by atomic mass is 15.0. The highest BCUT2D eigenvalue weighted by Gasteiger charge is 2.18. The van der Waals surface area contributed by atoms with Gasteiger partial charge < -0.3 is 4.57 Å². The molecule has 3 nitrogen and oxygen atoms in total. The summed E-state index contributed by atoms with van der Waals surface area (Å²) < 4.78 is 2.43. The third-order valence-electron chi connectivity index (χ3n) is 9.97. The third kappa shape index (κ3) is 4.98. The fourth-order valence-electron chi connectivity index (χ4n) is 7.58. The van der Waals surface area contributed by atoms with Crippen LogP contribution in [-0.4, -0.2) is 14.5 Å². The Morgan fingerprint density at radius 3 is 1.47 bits per heavy atom. The first-order valence-electron chi connectivity index (χ1n) is 17.3. The topological polar surface area (TPSA) is 30.7 Å². The van der Waals surface area contributed by atoms with E-state index in [1.54, 1.807) is 0 Å². The van der Waals surface area contributed by atoms with Crippen LogP contribution in [-0.2, 0) is 0 Å². The maximum absolute atomic E-state index is 5.10. The van der Waals surface area contributed by atoms with Gasteiger partial charge in [-0.15, -0.1) is 0 Å². The summed E-state index contributed by atoms with van der Waals surface area (Å²) in [6.07, 6.45) is 0. The number of hydrogen-bond acceptors (Lipinski definition) is 2. The molecule has 0 spiro atoms. The molecule has 0 unspecified atom stereocenters. The lowest BCUT2D eigenvalue weighted by molar-refractivity contribution is 1.18. The minimum Gasteiger partial charge on any atom is -0.309 e. The third-order valence-corrected chi connectivity index (χ3v) is 9.97. The lowest BCUT2D eigenvalue weighted by Crippen LogP contribution is -1.96. The van der Waals surface area contributed by atoms with E-state index in [0.29, 0.717) is 5.82 Å². The van der Waals surface area contributed by atoms with Crippen LogP contribution in [0.15, 0.2) is 188 Å². The SMILES string of the molecule is c1ccc(-c2cc(-c3cccc(-c4cccc(-n5c6ccc7ccccc7c6c6c7ccccc7ccc65)c4)c3)nc(-c3ccccc3)n2)cc1. The molecule has 0 saturated heterocycles. The highest BCUT2D eigenvalue weighted by molar-refractivity contribution is 6.28. The highest BCUT2D eigenvalue weighted by Crippen LogP contribution is 2.41. The van der Waals surface area contributed by atoms with E-state index < -0.39 is 0 Å². The molecule has 0 bridgehead atoms. The first-order valence-corrected chi connectivity index (χ1v) is 17.3. The van der Waals surface area contributed by atoms with Crippen LogP contribution in [0.1, 0.15) is 0 Å². The Hall–Kier alpha value is -6.84. The molecule has 238 valence electrons. The van der Waals surface area contributed by atoms with Crippen LogP contribution in [0, 0.1) is 0 Å². The van der Waals surface area contributed by atoms with Crippen LogP contribution < -0.4 is 0 Å². The van der Waals surface area contributed by atoms with Gasteiger partial charge in [-0.1, -0.05) is 152 Å². The first-order chi connectivity index (χ1) is 25.3. The van der Waals surface area contributed by atoms with E-state index in [1.807, 2.05) is 24.3 Å². The first kappa shape index (κ1) is 29.1. The van der Waals surface area contributed by atoms with Crippen molar-refractivity contribution in [1.82, 2.24) is 14.5 Å². The van der Waals surface area contributed by atoms with E-state index in [-0.39, 0.29) is 0 Å². The molecule has 0 aliphatic carbocycles. The zero-order valence-corrected chi connectivity index (χ0v) is 27.7. The zero-order valence-electron chi connectivity index (χ0n) is 27.7. The molecule has 51 heavy (non-hydrogen) atoms. The maximum atomic E-state index is 5.10. The summed E-state index contributed by atoms with van der Waals surface area (Å²) in [7, 11) is 0. The normalized spacial score (nSPS) is 11.5. The van der Waals surface area contributed by atoms with Crippen LogP contribution in [0.2, 0.25) is 0 Å². The van der Waals surface area contributed by atoms with Gasteiger partial charge in [0.25, 0.3) is 0 Å². The summed E-state index contributed by atoms with van der Waals surface area (Å²) in [5.41, 5.74) is 10.7. The van der Waals surface area contributed by atoms with Crippen molar-refractivity contribution in [2.45, 2.75) is 0 Å². The van der Waals surface area contributed by atoms with E-state index >= 15 is 0 Å². The van der Waals surface area contributed by atoms with Crippen molar-refractivity contribution in [3.8, 4) is 50.7 Å². The summed E-state index contributed by atoms with van der Waals surface area (Å²) in [6, 6.07) is 66.8. The molecule has 0 aliphatic heterocycles. The van der Waals surface area contributed by atoms with Crippen molar-refractivity contribution in [1.29, 1.82) is 0 Å². The van der Waals surface area contributed by atoms with Crippen molar-refractivity contribution >= 4 is 43.4 Å². The average Bonchev–Trinajstić information content (AvgIpc) is 3.57. The van der Waals surface area contributed by atoms with E-state index in [1.165, 1.54) is 43.4 Å². The molecular formula is C48H31N3. The van der Waals surface area contributed by atoms with Crippen LogP contribution >= 0.6 is 0 Å². The van der Waals surface area contributed by atoms with Crippen molar-refractivity contribution in [3.63, 3.8) is 0 Å². The summed E-state index contributed by atoms with van der Waals surface area (Å²) >= 11 is 0. The second-order valence-corrected chi connectivity index (χ2v) is 13.0. The molecule has 0 aliphatic rings. The molecule has 0 radical (unpaired) electrons. The number of nitrogens with zero attached hydrogens (tertiary/aromatic N) is 3. The van der Waals surface area contributed by atoms with E-state index in [4.69, 9.17) is 9.97 Å². The molecule has 2 aromatic heterocycles. The van der Waals surface area contributed by atoms with Crippen LogP contribution in [0.5, 0.6) is 0 Å². The lowest BCUT2D eigenvalue weighted by Gasteiger charge is -2.12. The smallest absolute Gasteiger partial charge is 0.160 e. The Labute approximate surface area is 295 Å². The second-order valence-electron chi connectivity index (χ2n) is 13.0. The Morgan fingerprint density at radius 1 is 0.333 bits per heavy atom. The Bertz CT molecular complexity index is 2760. The maximum Gasteiger partial charge on any atom is 0.160 e. The van der Waals surface area contributed by atoms with Gasteiger partial charge in [0.15, 0.2) is 5.82 Å². The molecular weight excluding hydrogens is 619 g/mol. The van der Waals surface area contributed by atoms with Crippen LogP contribution in [0.25, 0.3) is 94.1 Å². The van der Waals surface area contributed by atoms with E-state index in [0.717, 1.165) is 44.9 Å². The van der Waals surface area contributed by atoms with Crippen molar-refractivity contribution < 1.29 is 0 Å². The number of hydrogen-bond donors (Lipinski definition) is 0. The molecule has 2 heterocycles. The van der Waals surface area contributed by atoms with E-state index in [9.17, 15) is 0 Å². The number of aromatic nitrogens is 3. The van der Waals surface area contributed by atoms with Gasteiger partial charge in [0.1, 0.15) is 0 Å². The predicted octanol–water partition coefficient (Wildman–Crippen LogP) is 12.5. The van der Waals surface area contributed by atoms with Crippen molar-refractivity contribution in [2.24, 2.45) is 0 Å². The van der Waals surface area contributed by atoms with Gasteiger partial charge in [-0.2, -0.15) is 0 Å². The summed E-state index contributed by atoms with van der Waals surface area (Å²) in [4.78, 5) is 10.1. The van der Waals surface area contributed by atoms with Crippen LogP contribution in [0.3, 0.4) is 0 Å². The van der Waals surface area contributed by atoms with Gasteiger partial charge in [-0.25, -0.2) is 9.97 Å². The van der Waals surface area contributed by atoms with Gasteiger partial charge >= 0.3 is 0 Å². The number of benzene rings is 8.